The number of hydrogen-bond acceptors (Lipinski definition) is 6. The van der Waals surface area contributed by atoms with Crippen LogP contribution in [-0.4, -0.2) is 30.1 Å². The molecule has 0 aliphatic heterocycles. The molecule has 0 radical (unpaired) electrons. The van der Waals surface area contributed by atoms with E-state index in [9.17, 15) is 9.59 Å². The molecule has 0 aliphatic carbocycles. The molecule has 6 heteroatoms. The van der Waals surface area contributed by atoms with E-state index in [1.165, 1.54) is 12.1 Å². The van der Waals surface area contributed by atoms with Crippen molar-refractivity contribution in [3.8, 4) is 0 Å². The van der Waals surface area contributed by atoms with E-state index in [0.29, 0.717) is 30.1 Å². The number of aryl methyl sites for hydroxylation is 1. The zero-order valence-electron chi connectivity index (χ0n) is 12.3. The molecule has 2 N–H and O–H groups in total. The van der Waals surface area contributed by atoms with Gasteiger partial charge >= 0.3 is 11.9 Å². The number of carbonyl (C=O) groups excluding carboxylic acids is 2. The van der Waals surface area contributed by atoms with Crippen molar-refractivity contribution in [2.45, 2.75) is 26.7 Å². The lowest BCUT2D eigenvalue weighted by molar-refractivity contribution is -0.143. The van der Waals surface area contributed by atoms with Gasteiger partial charge in [-0.3, -0.25) is 9.78 Å². The van der Waals surface area contributed by atoms with Crippen LogP contribution in [-0.2, 0) is 20.7 Å². The molecule has 0 bridgehead atoms. The van der Waals surface area contributed by atoms with Gasteiger partial charge in [0.1, 0.15) is 0 Å². The highest BCUT2D eigenvalue weighted by molar-refractivity contribution is 5.94. The number of anilines is 1. The van der Waals surface area contributed by atoms with Crippen LogP contribution in [0, 0.1) is 0 Å². The fourth-order valence-corrected chi connectivity index (χ4v) is 1.76. The van der Waals surface area contributed by atoms with E-state index < -0.39 is 5.97 Å². The smallest absolute Gasteiger partial charge is 0.340 e. The number of nitrogen functional groups attached to an aromatic ring is 1. The van der Waals surface area contributed by atoms with Crippen LogP contribution in [0.5, 0.6) is 0 Å². The Bertz CT molecular complexity index is 541. The molecule has 0 saturated carbocycles. The van der Waals surface area contributed by atoms with E-state index in [2.05, 4.69) is 11.6 Å². The highest BCUT2D eigenvalue weighted by Crippen LogP contribution is 2.19. The van der Waals surface area contributed by atoms with Crippen molar-refractivity contribution >= 4 is 23.7 Å². The van der Waals surface area contributed by atoms with Crippen LogP contribution in [0.1, 0.15) is 42.0 Å². The first-order valence-electron chi connectivity index (χ1n) is 6.78. The van der Waals surface area contributed by atoms with E-state index in [1.807, 2.05) is 0 Å². The first-order chi connectivity index (χ1) is 10.0. The van der Waals surface area contributed by atoms with Gasteiger partial charge in [0.05, 0.1) is 42.3 Å². The highest BCUT2D eigenvalue weighted by Gasteiger charge is 2.16. The number of carbonyl (C=O) groups is 2. The first-order valence-corrected chi connectivity index (χ1v) is 6.78. The fraction of sp³-hybridized carbons (Fsp3) is 0.400. The van der Waals surface area contributed by atoms with Crippen molar-refractivity contribution < 1.29 is 19.1 Å². The third-order valence-electron chi connectivity index (χ3n) is 2.72. The molecule has 6 nitrogen and oxygen atoms in total. The van der Waals surface area contributed by atoms with Gasteiger partial charge in [-0.2, -0.15) is 0 Å². The predicted molar refractivity (Wildman–Crippen MR) is 79.7 cm³/mol. The molecule has 21 heavy (non-hydrogen) atoms. The molecule has 0 fully saturated rings. The standard InChI is InChI=1S/C15H20N2O4/c1-4-12-10(15(19)21-6-3)9-11(16)13(17-12)7-8-14(18)20-5-2/h4,9H,1,5-8,16H2,2-3H3. The zero-order chi connectivity index (χ0) is 15.8. The Hall–Kier alpha value is -2.37. The van der Waals surface area contributed by atoms with E-state index in [4.69, 9.17) is 15.2 Å². The number of nitrogens with two attached hydrogens (primary N) is 1. The van der Waals surface area contributed by atoms with Crippen molar-refractivity contribution in [2.75, 3.05) is 18.9 Å². The van der Waals surface area contributed by atoms with Crippen molar-refractivity contribution in [1.82, 2.24) is 4.98 Å². The molecule has 114 valence electrons. The maximum absolute atomic E-state index is 11.8. The lowest BCUT2D eigenvalue weighted by atomic mass is 10.1. The summed E-state index contributed by atoms with van der Waals surface area (Å²) < 4.78 is 9.79. The summed E-state index contributed by atoms with van der Waals surface area (Å²) in [6.07, 6.45) is 1.98. The van der Waals surface area contributed by atoms with Gasteiger partial charge in [0.25, 0.3) is 0 Å². The Labute approximate surface area is 124 Å². The highest BCUT2D eigenvalue weighted by atomic mass is 16.5. The van der Waals surface area contributed by atoms with Gasteiger partial charge in [0.2, 0.25) is 0 Å². The van der Waals surface area contributed by atoms with Crippen molar-refractivity contribution in [3.63, 3.8) is 0 Å². The van der Waals surface area contributed by atoms with Gasteiger partial charge in [-0.25, -0.2) is 4.79 Å². The lowest BCUT2D eigenvalue weighted by Crippen LogP contribution is -2.12. The minimum Gasteiger partial charge on any atom is -0.466 e. The SMILES string of the molecule is C=Cc1nc(CCC(=O)OCC)c(N)cc1C(=O)OCC. The Morgan fingerprint density at radius 1 is 1.33 bits per heavy atom. The van der Waals surface area contributed by atoms with E-state index >= 15 is 0 Å². The summed E-state index contributed by atoms with van der Waals surface area (Å²) in [7, 11) is 0. The van der Waals surface area contributed by atoms with Gasteiger partial charge in [-0.1, -0.05) is 6.58 Å². The quantitative estimate of drug-likeness (QED) is 0.773. The molecule has 0 amide bonds. The van der Waals surface area contributed by atoms with Gasteiger partial charge in [0, 0.05) is 6.42 Å². The average molecular weight is 292 g/mol. The van der Waals surface area contributed by atoms with E-state index in [-0.39, 0.29) is 24.6 Å². The van der Waals surface area contributed by atoms with E-state index in [1.54, 1.807) is 13.8 Å². The summed E-state index contributed by atoms with van der Waals surface area (Å²) in [6.45, 7) is 7.69. The van der Waals surface area contributed by atoms with Crippen LogP contribution in [0.2, 0.25) is 0 Å². The molecule has 1 aromatic heterocycles. The molecule has 0 aliphatic rings. The third kappa shape index (κ3) is 4.59. The fourth-order valence-electron chi connectivity index (χ4n) is 1.76. The van der Waals surface area contributed by atoms with Crippen LogP contribution in [0.25, 0.3) is 6.08 Å². The molecule has 0 saturated heterocycles. The second kappa shape index (κ2) is 8.04. The molecular formula is C15H20N2O4. The Morgan fingerprint density at radius 2 is 2.00 bits per heavy atom. The minimum atomic E-state index is -0.497. The lowest BCUT2D eigenvalue weighted by Gasteiger charge is -2.10. The van der Waals surface area contributed by atoms with Gasteiger partial charge in [0.15, 0.2) is 0 Å². The third-order valence-corrected chi connectivity index (χ3v) is 2.72. The largest absolute Gasteiger partial charge is 0.466 e. The number of esters is 2. The molecule has 0 atom stereocenters. The molecule has 1 heterocycles. The van der Waals surface area contributed by atoms with Gasteiger partial charge < -0.3 is 15.2 Å². The summed E-state index contributed by atoms with van der Waals surface area (Å²) in [5.41, 5.74) is 7.41. The molecule has 0 aromatic carbocycles. The van der Waals surface area contributed by atoms with Crippen molar-refractivity contribution in [2.24, 2.45) is 0 Å². The maximum Gasteiger partial charge on any atom is 0.340 e. The van der Waals surface area contributed by atoms with Crippen molar-refractivity contribution in [3.05, 3.63) is 29.6 Å². The van der Waals surface area contributed by atoms with Crippen LogP contribution in [0.3, 0.4) is 0 Å². The number of aromatic nitrogens is 1. The number of nitrogens with zero attached hydrogens (tertiary/aromatic N) is 1. The second-order valence-corrected chi connectivity index (χ2v) is 4.19. The topological polar surface area (TPSA) is 91.5 Å². The number of ether oxygens (including phenoxy) is 2. The number of pyridine rings is 1. The Morgan fingerprint density at radius 3 is 2.57 bits per heavy atom. The average Bonchev–Trinajstić information content (AvgIpc) is 2.46. The maximum atomic E-state index is 11.8. The van der Waals surface area contributed by atoms with Crippen molar-refractivity contribution in [1.29, 1.82) is 0 Å². The molecule has 0 unspecified atom stereocenters. The number of hydrogen-bond donors (Lipinski definition) is 1. The summed E-state index contributed by atoms with van der Waals surface area (Å²) in [5.74, 6) is -0.808. The van der Waals surface area contributed by atoms with Crippen LogP contribution < -0.4 is 5.73 Å². The monoisotopic (exact) mass is 292 g/mol. The summed E-state index contributed by atoms with van der Waals surface area (Å²) in [4.78, 5) is 27.4. The molecular weight excluding hydrogens is 272 g/mol. The van der Waals surface area contributed by atoms with Crippen LogP contribution in [0.4, 0.5) is 5.69 Å². The normalized spacial score (nSPS) is 10.0. The molecule has 0 spiro atoms. The number of rotatable bonds is 7. The Kier molecular flexibility index (Phi) is 6.39. The Balaban J connectivity index is 2.95. The predicted octanol–water partition coefficient (Wildman–Crippen LogP) is 1.98. The first kappa shape index (κ1) is 16.7. The van der Waals surface area contributed by atoms with Crippen LogP contribution >= 0.6 is 0 Å². The van der Waals surface area contributed by atoms with Crippen LogP contribution in [0.15, 0.2) is 12.6 Å². The summed E-state index contributed by atoms with van der Waals surface area (Å²) >= 11 is 0. The van der Waals surface area contributed by atoms with Gasteiger partial charge in [-0.05, 0) is 26.0 Å². The molecule has 1 aromatic rings. The van der Waals surface area contributed by atoms with Gasteiger partial charge in [-0.15, -0.1) is 0 Å². The summed E-state index contributed by atoms with van der Waals surface area (Å²) in [6, 6.07) is 1.50. The summed E-state index contributed by atoms with van der Waals surface area (Å²) in [5, 5.41) is 0. The second-order valence-electron chi connectivity index (χ2n) is 4.19. The molecule has 1 rings (SSSR count). The zero-order valence-corrected chi connectivity index (χ0v) is 12.3. The minimum absolute atomic E-state index is 0.181. The van der Waals surface area contributed by atoms with E-state index in [0.717, 1.165) is 0 Å².